The molecule has 2 aromatic heterocycles. The number of nitrogens with zero attached hydrogens (tertiary/aromatic N) is 3. The van der Waals surface area contributed by atoms with Gasteiger partial charge in [0.1, 0.15) is 5.82 Å². The maximum absolute atomic E-state index is 12.9. The van der Waals surface area contributed by atoms with Gasteiger partial charge in [-0.15, -0.1) is 0 Å². The average Bonchev–Trinajstić information content (AvgIpc) is 3.04. The lowest BCUT2D eigenvalue weighted by Crippen LogP contribution is -2.05. The Morgan fingerprint density at radius 1 is 1.27 bits per heavy atom. The molecule has 0 amide bonds. The Hall–Kier alpha value is -2.02. The van der Waals surface area contributed by atoms with E-state index in [1.807, 2.05) is 0 Å². The summed E-state index contributed by atoms with van der Waals surface area (Å²) < 4.78 is 40.2. The van der Waals surface area contributed by atoms with E-state index in [1.165, 1.54) is 4.57 Å². The Morgan fingerprint density at radius 3 is 2.64 bits per heavy atom. The Labute approximate surface area is 128 Å². The lowest BCUT2D eigenvalue weighted by Gasteiger charge is -2.10. The molecular weight excluding hydrogens is 317 g/mol. The smallest absolute Gasteiger partial charge is 0.303 e. The standard InChI is InChI=1S/C14H12ClF3N4/c1-7(2)13-20-11(14(16,17)18)6-22(13)9-3-8-5-19-21-12(8)10(15)4-9/h3-7H,1-2H3,(H,19,21). The number of benzene rings is 1. The van der Waals surface area contributed by atoms with Gasteiger partial charge < -0.3 is 4.57 Å². The number of H-pyrrole nitrogens is 1. The van der Waals surface area contributed by atoms with Gasteiger partial charge in [0.15, 0.2) is 5.69 Å². The minimum atomic E-state index is -4.49. The highest BCUT2D eigenvalue weighted by Gasteiger charge is 2.35. The van der Waals surface area contributed by atoms with E-state index >= 15 is 0 Å². The summed E-state index contributed by atoms with van der Waals surface area (Å²) in [5.41, 5.74) is 0.248. The quantitative estimate of drug-likeness (QED) is 0.750. The molecule has 0 unspecified atom stereocenters. The third-order valence-corrected chi connectivity index (χ3v) is 3.60. The van der Waals surface area contributed by atoms with E-state index in [2.05, 4.69) is 15.2 Å². The number of fused-ring (bicyclic) bond motifs is 1. The number of halogens is 4. The van der Waals surface area contributed by atoms with Crippen LogP contribution in [-0.4, -0.2) is 19.7 Å². The first-order chi connectivity index (χ1) is 10.3. The van der Waals surface area contributed by atoms with Gasteiger partial charge in [0.25, 0.3) is 0 Å². The van der Waals surface area contributed by atoms with E-state index < -0.39 is 11.9 Å². The highest BCUT2D eigenvalue weighted by atomic mass is 35.5. The third kappa shape index (κ3) is 2.45. The molecule has 0 aliphatic carbocycles. The monoisotopic (exact) mass is 328 g/mol. The van der Waals surface area contributed by atoms with Crippen LogP contribution in [0.15, 0.2) is 24.5 Å². The van der Waals surface area contributed by atoms with Gasteiger partial charge in [-0.05, 0) is 12.1 Å². The number of imidazole rings is 1. The summed E-state index contributed by atoms with van der Waals surface area (Å²) in [5, 5.41) is 7.74. The van der Waals surface area contributed by atoms with Crippen molar-refractivity contribution in [2.24, 2.45) is 0 Å². The molecule has 22 heavy (non-hydrogen) atoms. The van der Waals surface area contributed by atoms with Crippen LogP contribution < -0.4 is 0 Å². The molecule has 116 valence electrons. The average molecular weight is 329 g/mol. The third-order valence-electron chi connectivity index (χ3n) is 3.30. The number of aromatic nitrogens is 4. The van der Waals surface area contributed by atoms with Gasteiger partial charge in [0, 0.05) is 23.2 Å². The minimum absolute atomic E-state index is 0.171. The van der Waals surface area contributed by atoms with Crippen LogP contribution in [0.3, 0.4) is 0 Å². The zero-order valence-corrected chi connectivity index (χ0v) is 12.5. The van der Waals surface area contributed by atoms with E-state index in [0.29, 0.717) is 22.1 Å². The Balaban J connectivity index is 2.22. The molecule has 0 spiro atoms. The van der Waals surface area contributed by atoms with Crippen molar-refractivity contribution in [3.8, 4) is 5.69 Å². The first-order valence-corrected chi connectivity index (χ1v) is 6.94. The molecule has 1 aromatic carbocycles. The molecule has 1 N–H and O–H groups in total. The zero-order chi connectivity index (χ0) is 16.1. The zero-order valence-electron chi connectivity index (χ0n) is 11.7. The van der Waals surface area contributed by atoms with Crippen LogP contribution in [0.1, 0.15) is 31.3 Å². The van der Waals surface area contributed by atoms with Crippen molar-refractivity contribution in [1.82, 2.24) is 19.7 Å². The molecule has 0 fully saturated rings. The fraction of sp³-hybridized carbons (Fsp3) is 0.286. The Bertz CT molecular complexity index is 832. The summed E-state index contributed by atoms with van der Waals surface area (Å²) in [6.45, 7) is 3.58. The lowest BCUT2D eigenvalue weighted by atomic mass is 10.2. The number of alkyl halides is 3. The van der Waals surface area contributed by atoms with Crippen molar-refractivity contribution >= 4 is 22.5 Å². The summed E-state index contributed by atoms with van der Waals surface area (Å²) in [7, 11) is 0. The van der Waals surface area contributed by atoms with E-state index in [0.717, 1.165) is 11.6 Å². The first-order valence-electron chi connectivity index (χ1n) is 6.57. The predicted molar refractivity (Wildman–Crippen MR) is 77.3 cm³/mol. The van der Waals surface area contributed by atoms with Crippen LogP contribution in [0, 0.1) is 0 Å². The molecule has 4 nitrogen and oxygen atoms in total. The van der Waals surface area contributed by atoms with Gasteiger partial charge in [-0.2, -0.15) is 18.3 Å². The summed E-state index contributed by atoms with van der Waals surface area (Å²) in [6.07, 6.45) is -1.92. The molecule has 0 saturated carbocycles. The van der Waals surface area contributed by atoms with Crippen LogP contribution >= 0.6 is 11.6 Å². The molecule has 0 aliphatic rings. The van der Waals surface area contributed by atoms with Crippen molar-refractivity contribution in [1.29, 1.82) is 0 Å². The lowest BCUT2D eigenvalue weighted by molar-refractivity contribution is -0.141. The molecule has 3 aromatic rings. The van der Waals surface area contributed by atoms with Crippen LogP contribution in [-0.2, 0) is 6.18 Å². The normalized spacial score (nSPS) is 12.5. The van der Waals surface area contributed by atoms with Crippen LogP contribution in [0.4, 0.5) is 13.2 Å². The SMILES string of the molecule is CC(C)c1nc(C(F)(F)F)cn1-c1cc(Cl)c2[nH]ncc2c1. The minimum Gasteiger partial charge on any atom is -0.303 e. The number of hydrogen-bond donors (Lipinski definition) is 1. The van der Waals surface area contributed by atoms with Gasteiger partial charge >= 0.3 is 6.18 Å². The van der Waals surface area contributed by atoms with Crippen molar-refractivity contribution in [3.63, 3.8) is 0 Å². The molecular formula is C14H12ClF3N4. The van der Waals surface area contributed by atoms with Gasteiger partial charge in [0.2, 0.25) is 0 Å². The van der Waals surface area contributed by atoms with Crippen molar-refractivity contribution in [3.05, 3.63) is 41.1 Å². The topological polar surface area (TPSA) is 46.5 Å². The predicted octanol–water partition coefficient (Wildman–Crippen LogP) is 4.54. The highest BCUT2D eigenvalue weighted by molar-refractivity contribution is 6.35. The van der Waals surface area contributed by atoms with Crippen molar-refractivity contribution < 1.29 is 13.2 Å². The largest absolute Gasteiger partial charge is 0.434 e. The molecule has 0 radical (unpaired) electrons. The molecule has 0 saturated heterocycles. The second-order valence-electron chi connectivity index (χ2n) is 5.27. The second-order valence-corrected chi connectivity index (χ2v) is 5.68. The number of aromatic amines is 1. The summed E-state index contributed by atoms with van der Waals surface area (Å²) in [6, 6.07) is 3.31. The summed E-state index contributed by atoms with van der Waals surface area (Å²) in [4.78, 5) is 3.73. The summed E-state index contributed by atoms with van der Waals surface area (Å²) >= 11 is 6.15. The first kappa shape index (κ1) is 14.9. The van der Waals surface area contributed by atoms with E-state index in [1.54, 1.807) is 32.2 Å². The molecule has 3 rings (SSSR count). The number of hydrogen-bond acceptors (Lipinski definition) is 2. The molecule has 8 heteroatoms. The Kier molecular flexibility index (Phi) is 3.40. The van der Waals surface area contributed by atoms with Crippen molar-refractivity contribution in [2.45, 2.75) is 25.9 Å². The molecule has 0 aliphatic heterocycles. The van der Waals surface area contributed by atoms with E-state index in [9.17, 15) is 13.2 Å². The highest BCUT2D eigenvalue weighted by Crippen LogP contribution is 2.33. The molecule has 0 atom stereocenters. The second kappa shape index (κ2) is 5.01. The molecule has 0 bridgehead atoms. The maximum Gasteiger partial charge on any atom is 0.434 e. The fourth-order valence-corrected chi connectivity index (χ4v) is 2.55. The van der Waals surface area contributed by atoms with E-state index in [4.69, 9.17) is 11.6 Å². The van der Waals surface area contributed by atoms with Gasteiger partial charge in [-0.25, -0.2) is 4.98 Å². The Morgan fingerprint density at radius 2 is 2.00 bits per heavy atom. The van der Waals surface area contributed by atoms with Gasteiger partial charge in [-0.1, -0.05) is 25.4 Å². The van der Waals surface area contributed by atoms with Crippen LogP contribution in [0.2, 0.25) is 5.02 Å². The van der Waals surface area contributed by atoms with E-state index in [-0.39, 0.29) is 5.92 Å². The number of rotatable bonds is 2. The number of nitrogens with one attached hydrogen (secondary N) is 1. The van der Waals surface area contributed by atoms with Crippen LogP contribution in [0.25, 0.3) is 16.6 Å². The van der Waals surface area contributed by atoms with Gasteiger partial charge in [0.05, 0.1) is 16.7 Å². The van der Waals surface area contributed by atoms with Gasteiger partial charge in [-0.3, -0.25) is 5.10 Å². The maximum atomic E-state index is 12.9. The van der Waals surface area contributed by atoms with Crippen molar-refractivity contribution in [2.75, 3.05) is 0 Å². The van der Waals surface area contributed by atoms with Crippen LogP contribution in [0.5, 0.6) is 0 Å². The summed E-state index contributed by atoms with van der Waals surface area (Å²) in [5.74, 6) is 0.154. The fourth-order valence-electron chi connectivity index (χ4n) is 2.28. The molecule has 2 heterocycles.